The highest BCUT2D eigenvalue weighted by Gasteiger charge is 2.07. The quantitative estimate of drug-likeness (QED) is 0.817. The molecule has 1 amide bonds. The van der Waals surface area contributed by atoms with Crippen molar-refractivity contribution in [2.75, 3.05) is 24.4 Å². The molecule has 120 valence electrons. The van der Waals surface area contributed by atoms with Crippen molar-refractivity contribution in [1.82, 2.24) is 10.2 Å². The summed E-state index contributed by atoms with van der Waals surface area (Å²) in [6.07, 6.45) is -0.590. The standard InChI is InChI=1S/C15H16N4O4/c1-3-23-15(21)17-13-8-7-12(18-19-13)16-11-6-4-5-10(9-11)14(20)22-2/h4-9H,3H2,1-2H3,(H,16,18)(H,17,19,21). The van der Waals surface area contributed by atoms with E-state index in [-0.39, 0.29) is 12.4 Å². The molecule has 0 saturated carbocycles. The van der Waals surface area contributed by atoms with Gasteiger partial charge < -0.3 is 14.8 Å². The van der Waals surface area contributed by atoms with Gasteiger partial charge in [-0.05, 0) is 37.3 Å². The molecule has 1 aromatic heterocycles. The third-order valence-corrected chi connectivity index (χ3v) is 2.73. The molecule has 2 N–H and O–H groups in total. The first kappa shape index (κ1) is 16.2. The lowest BCUT2D eigenvalue weighted by Gasteiger charge is -2.07. The average Bonchev–Trinajstić information content (AvgIpc) is 2.56. The Morgan fingerprint density at radius 1 is 1.13 bits per heavy atom. The van der Waals surface area contributed by atoms with Crippen LogP contribution in [0.5, 0.6) is 0 Å². The van der Waals surface area contributed by atoms with Crippen LogP contribution in [-0.4, -0.2) is 36.0 Å². The summed E-state index contributed by atoms with van der Waals surface area (Å²) in [6, 6.07) is 10.0. The van der Waals surface area contributed by atoms with Crippen molar-refractivity contribution >= 4 is 29.4 Å². The molecule has 2 rings (SSSR count). The van der Waals surface area contributed by atoms with Crippen LogP contribution in [0.15, 0.2) is 36.4 Å². The Bertz CT molecular complexity index is 688. The maximum absolute atomic E-state index is 11.5. The normalized spacial score (nSPS) is 9.83. The number of hydrogen-bond donors (Lipinski definition) is 2. The number of benzene rings is 1. The maximum Gasteiger partial charge on any atom is 0.412 e. The van der Waals surface area contributed by atoms with Crippen molar-refractivity contribution in [2.24, 2.45) is 0 Å². The molecule has 0 aliphatic carbocycles. The molecule has 0 saturated heterocycles. The average molecular weight is 316 g/mol. The monoisotopic (exact) mass is 316 g/mol. The van der Waals surface area contributed by atoms with E-state index in [9.17, 15) is 9.59 Å². The van der Waals surface area contributed by atoms with Gasteiger partial charge in [-0.3, -0.25) is 5.32 Å². The molecule has 0 aliphatic heterocycles. The van der Waals surface area contributed by atoms with Gasteiger partial charge in [-0.15, -0.1) is 10.2 Å². The predicted molar refractivity (Wildman–Crippen MR) is 83.7 cm³/mol. The zero-order valence-electron chi connectivity index (χ0n) is 12.7. The summed E-state index contributed by atoms with van der Waals surface area (Å²) in [5, 5.41) is 13.2. The molecule has 0 aliphatic rings. The lowest BCUT2D eigenvalue weighted by Crippen LogP contribution is -2.14. The lowest BCUT2D eigenvalue weighted by molar-refractivity contribution is 0.0600. The molecule has 2 aromatic rings. The maximum atomic E-state index is 11.5. The molecule has 1 aromatic carbocycles. The molecule has 1 heterocycles. The fraction of sp³-hybridized carbons (Fsp3) is 0.200. The molecule has 23 heavy (non-hydrogen) atoms. The number of aromatic nitrogens is 2. The molecular formula is C15H16N4O4. The number of carbonyl (C=O) groups is 2. The van der Waals surface area contributed by atoms with Crippen molar-refractivity contribution in [3.8, 4) is 0 Å². The number of rotatable bonds is 5. The summed E-state index contributed by atoms with van der Waals surface area (Å²) in [5.74, 6) is 0.312. The first-order valence-corrected chi connectivity index (χ1v) is 6.85. The fourth-order valence-electron chi connectivity index (χ4n) is 1.73. The number of esters is 1. The van der Waals surface area contributed by atoms with Crippen molar-refractivity contribution in [2.45, 2.75) is 6.92 Å². The highest BCUT2D eigenvalue weighted by molar-refractivity contribution is 5.90. The molecule has 0 radical (unpaired) electrons. The highest BCUT2D eigenvalue weighted by atomic mass is 16.5. The van der Waals surface area contributed by atoms with Crippen molar-refractivity contribution < 1.29 is 19.1 Å². The minimum absolute atomic E-state index is 0.273. The summed E-state index contributed by atoms with van der Waals surface area (Å²) in [5.41, 5.74) is 1.08. The number of amides is 1. The summed E-state index contributed by atoms with van der Waals surface area (Å²) in [6.45, 7) is 1.98. The van der Waals surface area contributed by atoms with E-state index in [0.29, 0.717) is 17.1 Å². The molecular weight excluding hydrogens is 300 g/mol. The fourth-order valence-corrected chi connectivity index (χ4v) is 1.73. The van der Waals surface area contributed by atoms with E-state index >= 15 is 0 Å². The van der Waals surface area contributed by atoms with E-state index in [1.807, 2.05) is 0 Å². The molecule has 0 fully saturated rings. The topological polar surface area (TPSA) is 102 Å². The lowest BCUT2D eigenvalue weighted by atomic mass is 10.2. The number of anilines is 3. The predicted octanol–water partition coefficient (Wildman–Crippen LogP) is 2.58. The van der Waals surface area contributed by atoms with Gasteiger partial charge in [0.1, 0.15) is 0 Å². The first-order valence-electron chi connectivity index (χ1n) is 6.85. The number of hydrogen-bond acceptors (Lipinski definition) is 7. The summed E-state index contributed by atoms with van der Waals surface area (Å²) >= 11 is 0. The van der Waals surface area contributed by atoms with Crippen LogP contribution in [0.1, 0.15) is 17.3 Å². The van der Waals surface area contributed by atoms with Gasteiger partial charge >= 0.3 is 12.1 Å². The Kier molecular flexibility index (Phi) is 5.45. The minimum Gasteiger partial charge on any atom is -0.465 e. The smallest absolute Gasteiger partial charge is 0.412 e. The van der Waals surface area contributed by atoms with E-state index in [1.54, 1.807) is 43.3 Å². The Hall–Kier alpha value is -3.16. The Morgan fingerprint density at radius 2 is 1.87 bits per heavy atom. The molecule has 0 bridgehead atoms. The van der Waals surface area contributed by atoms with E-state index in [2.05, 4.69) is 25.6 Å². The van der Waals surface area contributed by atoms with Gasteiger partial charge in [-0.1, -0.05) is 6.07 Å². The van der Waals surface area contributed by atoms with Crippen molar-refractivity contribution in [3.63, 3.8) is 0 Å². The van der Waals surface area contributed by atoms with Crippen LogP contribution >= 0.6 is 0 Å². The second-order valence-electron chi connectivity index (χ2n) is 4.35. The molecule has 8 heteroatoms. The van der Waals surface area contributed by atoms with Gasteiger partial charge in [0, 0.05) is 5.69 Å². The Balaban J connectivity index is 2.03. The second-order valence-corrected chi connectivity index (χ2v) is 4.35. The number of nitrogens with zero attached hydrogens (tertiary/aromatic N) is 2. The van der Waals surface area contributed by atoms with Gasteiger partial charge in [0.15, 0.2) is 11.6 Å². The zero-order chi connectivity index (χ0) is 16.7. The van der Waals surface area contributed by atoms with E-state index < -0.39 is 12.1 Å². The van der Waals surface area contributed by atoms with E-state index in [0.717, 1.165) is 0 Å². The van der Waals surface area contributed by atoms with Crippen LogP contribution in [0.3, 0.4) is 0 Å². The minimum atomic E-state index is -0.590. The Morgan fingerprint density at radius 3 is 2.52 bits per heavy atom. The number of carbonyl (C=O) groups excluding carboxylic acids is 2. The van der Waals surface area contributed by atoms with Gasteiger partial charge in [-0.2, -0.15) is 0 Å². The highest BCUT2D eigenvalue weighted by Crippen LogP contribution is 2.17. The van der Waals surface area contributed by atoms with Crippen LogP contribution in [0.25, 0.3) is 0 Å². The summed E-state index contributed by atoms with van der Waals surface area (Å²) in [7, 11) is 1.32. The first-order chi connectivity index (χ1) is 11.1. The van der Waals surface area contributed by atoms with Crippen molar-refractivity contribution in [3.05, 3.63) is 42.0 Å². The summed E-state index contributed by atoms with van der Waals surface area (Å²) < 4.78 is 9.41. The van der Waals surface area contributed by atoms with Crippen LogP contribution in [0.4, 0.5) is 22.1 Å². The Labute approximate surface area is 132 Å². The molecule has 8 nitrogen and oxygen atoms in total. The van der Waals surface area contributed by atoms with Gasteiger partial charge in [0.25, 0.3) is 0 Å². The largest absolute Gasteiger partial charge is 0.465 e. The third-order valence-electron chi connectivity index (χ3n) is 2.73. The van der Waals surface area contributed by atoms with Gasteiger partial charge in [-0.25, -0.2) is 9.59 Å². The van der Waals surface area contributed by atoms with Crippen LogP contribution in [0, 0.1) is 0 Å². The SMILES string of the molecule is CCOC(=O)Nc1ccc(Nc2cccc(C(=O)OC)c2)nn1. The van der Waals surface area contributed by atoms with Crippen molar-refractivity contribution in [1.29, 1.82) is 0 Å². The van der Waals surface area contributed by atoms with Gasteiger partial charge in [0.2, 0.25) is 0 Å². The van der Waals surface area contributed by atoms with E-state index in [4.69, 9.17) is 4.74 Å². The number of ether oxygens (including phenoxy) is 2. The van der Waals surface area contributed by atoms with E-state index in [1.165, 1.54) is 7.11 Å². The summed E-state index contributed by atoms with van der Waals surface area (Å²) in [4.78, 5) is 22.7. The van der Waals surface area contributed by atoms with Crippen LogP contribution < -0.4 is 10.6 Å². The number of nitrogens with one attached hydrogen (secondary N) is 2. The zero-order valence-corrected chi connectivity index (χ0v) is 12.7. The third kappa shape index (κ3) is 4.67. The molecule has 0 atom stereocenters. The number of methoxy groups -OCH3 is 1. The molecule has 0 unspecified atom stereocenters. The molecule has 0 spiro atoms. The van der Waals surface area contributed by atoms with Crippen LogP contribution in [-0.2, 0) is 9.47 Å². The van der Waals surface area contributed by atoms with Gasteiger partial charge in [0.05, 0.1) is 19.3 Å². The second kappa shape index (κ2) is 7.74. The van der Waals surface area contributed by atoms with Crippen LogP contribution in [0.2, 0.25) is 0 Å².